The lowest BCUT2D eigenvalue weighted by Gasteiger charge is -2.54. The average molecular weight is 736 g/mol. The molecule has 0 radical (unpaired) electrons. The van der Waals surface area contributed by atoms with Crippen molar-refractivity contribution >= 4 is 33.5 Å². The van der Waals surface area contributed by atoms with Crippen LogP contribution < -0.4 is 14.4 Å². The second-order valence-corrected chi connectivity index (χ2v) is 15.1. The molecule has 0 aliphatic carbocycles. The van der Waals surface area contributed by atoms with Crippen molar-refractivity contribution in [1.29, 1.82) is 0 Å². The van der Waals surface area contributed by atoms with Gasteiger partial charge in [0.2, 0.25) is 5.91 Å². The van der Waals surface area contributed by atoms with Gasteiger partial charge in [0.1, 0.15) is 17.4 Å². The van der Waals surface area contributed by atoms with Crippen LogP contribution in [0.2, 0.25) is 0 Å². The van der Waals surface area contributed by atoms with E-state index < -0.39 is 12.8 Å². The van der Waals surface area contributed by atoms with Crippen molar-refractivity contribution in [3.8, 4) is 22.9 Å². The van der Waals surface area contributed by atoms with E-state index in [4.69, 9.17) is 24.2 Å². The number of aryl methyl sites for hydroxylation is 1. The van der Waals surface area contributed by atoms with E-state index in [1.54, 1.807) is 13.3 Å². The Balaban J connectivity index is 1.36. The number of aromatic nitrogens is 4. The molecule has 5 heterocycles. The number of hydrogen-bond acceptors (Lipinski definition) is 9. The van der Waals surface area contributed by atoms with E-state index in [2.05, 4.69) is 26.6 Å². The Morgan fingerprint density at radius 2 is 1.83 bits per heavy atom. The van der Waals surface area contributed by atoms with Gasteiger partial charge in [-0.2, -0.15) is 28.2 Å². The lowest BCUT2D eigenvalue weighted by Crippen LogP contribution is -2.61. The van der Waals surface area contributed by atoms with Crippen LogP contribution in [0.15, 0.2) is 37.1 Å². The van der Waals surface area contributed by atoms with Gasteiger partial charge >= 0.3 is 12.2 Å². The molecular formula is C39H48F3N7O4. The van der Waals surface area contributed by atoms with Crippen molar-refractivity contribution < 1.29 is 32.2 Å². The second-order valence-electron chi connectivity index (χ2n) is 15.1. The highest BCUT2D eigenvalue weighted by atomic mass is 19.4. The highest BCUT2D eigenvalue weighted by Gasteiger charge is 2.46. The lowest BCUT2D eigenvalue weighted by atomic mass is 9.72. The van der Waals surface area contributed by atoms with Crippen LogP contribution in [0.5, 0.6) is 11.8 Å². The molecule has 11 nitrogen and oxygen atoms in total. The molecule has 53 heavy (non-hydrogen) atoms. The molecule has 1 spiro atoms. The molecule has 3 aliphatic heterocycles. The first kappa shape index (κ1) is 36.9. The summed E-state index contributed by atoms with van der Waals surface area (Å²) in [6.45, 7) is 13.9. The Morgan fingerprint density at radius 3 is 2.49 bits per heavy atom. The summed E-state index contributed by atoms with van der Waals surface area (Å²) in [5.41, 5.74) is 4.05. The van der Waals surface area contributed by atoms with Crippen molar-refractivity contribution in [3.05, 3.63) is 48.2 Å². The fourth-order valence-electron chi connectivity index (χ4n) is 8.16. The van der Waals surface area contributed by atoms with E-state index in [0.29, 0.717) is 49.6 Å². The predicted molar refractivity (Wildman–Crippen MR) is 198 cm³/mol. The van der Waals surface area contributed by atoms with E-state index in [1.165, 1.54) is 6.08 Å². The molecule has 2 aromatic heterocycles. The van der Waals surface area contributed by atoms with Crippen LogP contribution in [-0.4, -0.2) is 114 Å². The molecule has 0 unspecified atom stereocenters. The third-order valence-electron chi connectivity index (χ3n) is 11.1. The maximum Gasteiger partial charge on any atom is 0.422 e. The van der Waals surface area contributed by atoms with E-state index in [0.717, 1.165) is 72.9 Å². The Kier molecular flexibility index (Phi) is 10.3. The van der Waals surface area contributed by atoms with Gasteiger partial charge in [0, 0.05) is 74.7 Å². The number of H-pyrrole nitrogens is 1. The number of halogens is 3. The summed E-state index contributed by atoms with van der Waals surface area (Å²) in [4.78, 5) is 28.5. The number of likely N-dealkylation sites (tertiary alicyclic amines) is 2. The fraction of sp³-hybridized carbons (Fsp3) is 0.538. The number of amides is 1. The quantitative estimate of drug-likeness (QED) is 0.170. The van der Waals surface area contributed by atoms with Crippen molar-refractivity contribution in [3.63, 3.8) is 0 Å². The third-order valence-corrected chi connectivity index (χ3v) is 11.1. The molecule has 3 fully saturated rings. The number of nitrogens with zero attached hydrogens (tertiary/aromatic N) is 6. The number of methoxy groups -OCH3 is 1. The highest BCUT2D eigenvalue weighted by molar-refractivity contribution is 6.06. The van der Waals surface area contributed by atoms with Gasteiger partial charge in [0.25, 0.3) is 0 Å². The number of rotatable bonds is 11. The molecule has 0 bridgehead atoms. The van der Waals surface area contributed by atoms with E-state index in [9.17, 15) is 18.0 Å². The molecule has 284 valence electrons. The van der Waals surface area contributed by atoms with Crippen molar-refractivity contribution in [1.82, 2.24) is 30.0 Å². The smallest absolute Gasteiger partial charge is 0.422 e. The number of aromatic amines is 1. The summed E-state index contributed by atoms with van der Waals surface area (Å²) in [6, 6.07) is 6.00. The number of carbonyl (C=O) groups is 1. The minimum Gasteiger partial charge on any atom is -0.481 e. The highest BCUT2D eigenvalue weighted by Crippen LogP contribution is 2.49. The molecule has 0 saturated carbocycles. The van der Waals surface area contributed by atoms with Crippen molar-refractivity contribution in [2.75, 3.05) is 71.0 Å². The molecule has 2 aromatic carbocycles. The minimum absolute atomic E-state index is 0.0200. The number of hydrogen-bond donors (Lipinski definition) is 1. The average Bonchev–Trinajstić information content (AvgIpc) is 3.60. The van der Waals surface area contributed by atoms with Crippen molar-refractivity contribution in [2.45, 2.75) is 64.7 Å². The van der Waals surface area contributed by atoms with Gasteiger partial charge in [0.15, 0.2) is 12.4 Å². The Labute approximate surface area is 307 Å². The van der Waals surface area contributed by atoms with Gasteiger partial charge in [-0.3, -0.25) is 9.89 Å². The summed E-state index contributed by atoms with van der Waals surface area (Å²) >= 11 is 0. The normalized spacial score (nSPS) is 18.3. The Bertz CT molecular complexity index is 1970. The van der Waals surface area contributed by atoms with Gasteiger partial charge < -0.3 is 28.9 Å². The van der Waals surface area contributed by atoms with Gasteiger partial charge in [-0.25, -0.2) is 0 Å². The summed E-state index contributed by atoms with van der Waals surface area (Å²) in [7, 11) is 1.69. The third kappa shape index (κ3) is 7.53. The molecule has 7 rings (SSSR count). The molecule has 4 aromatic rings. The van der Waals surface area contributed by atoms with Crippen LogP contribution in [0, 0.1) is 12.3 Å². The number of benzene rings is 2. The Hall–Kier alpha value is -4.43. The molecule has 1 amide bonds. The van der Waals surface area contributed by atoms with Crippen LogP contribution in [0.4, 0.5) is 19.0 Å². The van der Waals surface area contributed by atoms with Crippen LogP contribution in [0.1, 0.15) is 56.6 Å². The van der Waals surface area contributed by atoms with Crippen LogP contribution in [-0.2, 0) is 9.53 Å². The van der Waals surface area contributed by atoms with Gasteiger partial charge in [-0.05, 0) is 73.4 Å². The zero-order chi connectivity index (χ0) is 37.5. The molecule has 0 atom stereocenters. The molecule has 3 aliphatic rings. The second kappa shape index (κ2) is 14.8. The Morgan fingerprint density at radius 1 is 1.09 bits per heavy atom. The predicted octanol–water partition coefficient (Wildman–Crippen LogP) is 6.65. The fourth-order valence-corrected chi connectivity index (χ4v) is 8.16. The first-order valence-corrected chi connectivity index (χ1v) is 18.4. The first-order chi connectivity index (χ1) is 25.4. The number of piperidine rings is 2. The van der Waals surface area contributed by atoms with Crippen LogP contribution in [0.25, 0.3) is 32.9 Å². The topological polar surface area (TPSA) is 109 Å². The monoisotopic (exact) mass is 735 g/mol. The summed E-state index contributed by atoms with van der Waals surface area (Å²) in [5, 5.41) is 8.66. The number of carbonyl (C=O) groups excluding carboxylic acids is 1. The van der Waals surface area contributed by atoms with Gasteiger partial charge in [0.05, 0.1) is 18.3 Å². The van der Waals surface area contributed by atoms with Gasteiger partial charge in [-0.15, -0.1) is 0 Å². The number of fused-ring (bicyclic) bond motifs is 2. The molecular weight excluding hydrogens is 687 g/mol. The summed E-state index contributed by atoms with van der Waals surface area (Å²) < 4.78 is 59.8. The number of ether oxygens (including phenoxy) is 3. The summed E-state index contributed by atoms with van der Waals surface area (Å²) in [5.74, 6) is 0.508. The first-order valence-electron chi connectivity index (χ1n) is 18.4. The standard InChI is InChI=1S/C39H48F3N7O4/c1-6-31(50)49-21-38(22-49)11-15-48(16-12-38)36-28-19-27(24(2)3)33(32-25(4)7-8-30-29(32)20-43-46-30)35(52-23-39(40,41)42)34(28)44-37(45-36)53-26-9-13-47(14-10-26)17-18-51-5/h6-8,19-20,24,26H,1,9-18,21-23H2,2-5H3,(H,43,46). The van der Waals surface area contributed by atoms with E-state index in [-0.39, 0.29) is 40.6 Å². The van der Waals surface area contributed by atoms with Gasteiger partial charge in [-0.1, -0.05) is 26.5 Å². The maximum absolute atomic E-state index is 14.0. The van der Waals surface area contributed by atoms with E-state index in [1.807, 2.05) is 43.9 Å². The number of nitrogens with one attached hydrogen (secondary N) is 1. The molecule has 1 N–H and O–H groups in total. The maximum atomic E-state index is 14.0. The summed E-state index contributed by atoms with van der Waals surface area (Å²) in [6.07, 6.45) is 1.48. The number of alkyl halides is 3. The molecule has 3 saturated heterocycles. The molecule has 14 heteroatoms. The number of anilines is 1. The largest absolute Gasteiger partial charge is 0.481 e. The zero-order valence-corrected chi connectivity index (χ0v) is 30.9. The van der Waals surface area contributed by atoms with E-state index >= 15 is 0 Å². The lowest BCUT2D eigenvalue weighted by molar-refractivity contribution is -0.153. The van der Waals surface area contributed by atoms with Crippen LogP contribution >= 0.6 is 0 Å². The minimum atomic E-state index is -4.59. The SMILES string of the molecule is C=CC(=O)N1CC2(CCN(c3nc(OC4CCN(CCOC)CC4)nc4c(OCC(F)(F)F)c(-c5c(C)ccc6[nH]ncc56)c(C(C)C)cc34)CC2)C1. The van der Waals surface area contributed by atoms with Crippen molar-refractivity contribution in [2.24, 2.45) is 5.41 Å². The van der Waals surface area contributed by atoms with Crippen LogP contribution in [0.3, 0.4) is 0 Å². The zero-order valence-electron chi connectivity index (χ0n) is 30.9.